The van der Waals surface area contributed by atoms with Crippen molar-refractivity contribution in [2.24, 2.45) is 0 Å². The fourth-order valence-corrected chi connectivity index (χ4v) is 8.71. The van der Waals surface area contributed by atoms with Crippen LogP contribution >= 0.6 is 7.82 Å². The number of hydrogen-bond donors (Lipinski definition) is 2. The number of nitrogens with one attached hydrogen (secondary N) is 1. The molecule has 0 rings (SSSR count). The minimum absolute atomic E-state index is 0.00348. The molecular formula is C66H113N2O6P. The topological polar surface area (TPSA) is 108 Å². The predicted molar refractivity (Wildman–Crippen MR) is 325 cm³/mol. The summed E-state index contributed by atoms with van der Waals surface area (Å²) in [6.07, 6.45) is 83.5. The first-order valence-corrected chi connectivity index (χ1v) is 31.5. The van der Waals surface area contributed by atoms with E-state index < -0.39 is 20.0 Å². The first kappa shape index (κ1) is 71.6. The largest absolute Gasteiger partial charge is 0.756 e. The number of phosphoric ester groups is 1. The molecule has 2 N–H and O–H groups in total. The number of aliphatic hydroxyl groups is 1. The van der Waals surface area contributed by atoms with Crippen LogP contribution in [0.2, 0.25) is 0 Å². The number of aliphatic hydroxyl groups excluding tert-OH is 1. The summed E-state index contributed by atoms with van der Waals surface area (Å²) >= 11 is 0. The van der Waals surface area contributed by atoms with E-state index in [-0.39, 0.29) is 19.1 Å². The number of rotatable bonds is 53. The molecule has 0 aromatic rings. The van der Waals surface area contributed by atoms with E-state index in [1.165, 1.54) is 77.0 Å². The van der Waals surface area contributed by atoms with Crippen LogP contribution in [0.4, 0.5) is 0 Å². The van der Waals surface area contributed by atoms with E-state index >= 15 is 0 Å². The lowest BCUT2D eigenvalue weighted by Gasteiger charge is -2.30. The Morgan fingerprint density at radius 2 is 0.813 bits per heavy atom. The molecule has 8 nitrogen and oxygen atoms in total. The number of quaternary nitrogens is 1. The molecule has 0 aliphatic heterocycles. The third-order valence-electron chi connectivity index (χ3n) is 12.7. The summed E-state index contributed by atoms with van der Waals surface area (Å²) in [7, 11) is 1.28. The molecule has 0 spiro atoms. The van der Waals surface area contributed by atoms with Crippen LogP contribution in [0.25, 0.3) is 0 Å². The second-order valence-electron chi connectivity index (χ2n) is 21.0. The maximum atomic E-state index is 13.0. The Labute approximate surface area is 462 Å². The quantitative estimate of drug-likeness (QED) is 0.0272. The third-order valence-corrected chi connectivity index (χ3v) is 13.6. The molecule has 428 valence electrons. The second kappa shape index (κ2) is 55.4. The lowest BCUT2D eigenvalue weighted by Crippen LogP contribution is -2.46. The Morgan fingerprint density at radius 3 is 1.19 bits per heavy atom. The number of hydrogen-bond acceptors (Lipinski definition) is 6. The molecule has 75 heavy (non-hydrogen) atoms. The monoisotopic (exact) mass is 1060 g/mol. The summed E-state index contributed by atoms with van der Waals surface area (Å²) in [5.74, 6) is -0.182. The number of nitrogens with zero attached hydrogens (tertiary/aromatic N) is 1. The first-order valence-electron chi connectivity index (χ1n) is 30.0. The van der Waals surface area contributed by atoms with E-state index in [2.05, 4.69) is 153 Å². The van der Waals surface area contributed by atoms with Crippen molar-refractivity contribution in [2.45, 2.75) is 238 Å². The molecule has 0 aliphatic carbocycles. The van der Waals surface area contributed by atoms with Gasteiger partial charge in [0.15, 0.2) is 0 Å². The third kappa shape index (κ3) is 58.2. The highest BCUT2D eigenvalue weighted by Crippen LogP contribution is 2.38. The summed E-state index contributed by atoms with van der Waals surface area (Å²) in [6, 6.07) is -0.815. The van der Waals surface area contributed by atoms with Crippen molar-refractivity contribution in [1.29, 1.82) is 0 Å². The molecule has 3 atom stereocenters. The van der Waals surface area contributed by atoms with Crippen LogP contribution in [-0.2, 0) is 18.4 Å². The van der Waals surface area contributed by atoms with Crippen molar-refractivity contribution >= 4 is 13.7 Å². The summed E-state index contributed by atoms with van der Waals surface area (Å²) in [5.41, 5.74) is 0. The van der Waals surface area contributed by atoms with E-state index in [1.807, 2.05) is 21.1 Å². The van der Waals surface area contributed by atoms with Gasteiger partial charge in [0.25, 0.3) is 7.82 Å². The minimum Gasteiger partial charge on any atom is -0.756 e. The fraction of sp³-hybridized carbons (Fsp3) is 0.652. The van der Waals surface area contributed by atoms with Crippen LogP contribution in [0.1, 0.15) is 226 Å². The predicted octanol–water partition coefficient (Wildman–Crippen LogP) is 18.1. The lowest BCUT2D eigenvalue weighted by molar-refractivity contribution is -0.870. The van der Waals surface area contributed by atoms with E-state index in [9.17, 15) is 19.4 Å². The fourth-order valence-electron chi connectivity index (χ4n) is 7.99. The maximum absolute atomic E-state index is 13.0. The van der Waals surface area contributed by atoms with Crippen LogP contribution in [0.15, 0.2) is 134 Å². The van der Waals surface area contributed by atoms with Crippen molar-refractivity contribution in [3.05, 3.63) is 134 Å². The van der Waals surface area contributed by atoms with Gasteiger partial charge in [-0.25, -0.2) is 0 Å². The van der Waals surface area contributed by atoms with Crippen molar-refractivity contribution in [1.82, 2.24) is 5.32 Å². The number of unbranched alkanes of at least 4 members (excludes halogenated alkanes) is 18. The lowest BCUT2D eigenvalue weighted by atomic mass is 10.0. The molecule has 9 heteroatoms. The molecular weight excluding hydrogens is 948 g/mol. The Kier molecular flexibility index (Phi) is 52.9. The van der Waals surface area contributed by atoms with Gasteiger partial charge in [-0.3, -0.25) is 9.36 Å². The minimum atomic E-state index is -4.58. The molecule has 0 fully saturated rings. The normalized spacial score (nSPS) is 14.8. The van der Waals surface area contributed by atoms with Gasteiger partial charge in [-0.05, 0) is 96.3 Å². The van der Waals surface area contributed by atoms with Gasteiger partial charge in [0.2, 0.25) is 5.91 Å². The van der Waals surface area contributed by atoms with E-state index in [1.54, 1.807) is 0 Å². The van der Waals surface area contributed by atoms with Crippen molar-refractivity contribution in [3.63, 3.8) is 0 Å². The zero-order valence-corrected chi connectivity index (χ0v) is 49.6. The molecule has 0 radical (unpaired) electrons. The number of allylic oxidation sites excluding steroid dienone is 22. The van der Waals surface area contributed by atoms with Gasteiger partial charge < -0.3 is 28.8 Å². The van der Waals surface area contributed by atoms with E-state index in [4.69, 9.17) is 9.05 Å². The van der Waals surface area contributed by atoms with Crippen LogP contribution in [-0.4, -0.2) is 68.5 Å². The van der Waals surface area contributed by atoms with E-state index in [0.29, 0.717) is 23.9 Å². The highest BCUT2D eigenvalue weighted by Gasteiger charge is 2.24. The number of carbonyl (C=O) groups is 1. The van der Waals surface area contributed by atoms with Crippen molar-refractivity contribution in [2.75, 3.05) is 40.9 Å². The number of likely N-dealkylation sites (N-methyl/N-ethyl adjacent to an activating group) is 1. The molecule has 1 amide bonds. The summed E-state index contributed by atoms with van der Waals surface area (Å²) < 4.78 is 23.3. The standard InChI is InChI=1S/C66H113N2O6P/c1-6-8-10-12-14-16-18-20-21-22-23-24-25-26-27-28-29-30-31-32-33-34-35-36-37-38-39-40-41-42-43-44-45-46-47-48-50-52-54-56-58-60-66(70)67-64(63-74-75(71,72)73-62-61-68(3,4)5)65(69)59-57-55-53-51-49-19-17-15-13-11-9-7-2/h8,10,14,16,20-21,23-24,26-27,29-30,32-33,35-36,38-39,41-42,44-45,64-65,69H,6-7,9,11-13,15,17-19,22,25,28,31,34,37,40,43,46-63H2,1-5H3,(H-,67,70,71,72)/b10-8-,16-14-,21-20-,24-23-,27-26-,30-29-,33-32-,36-35-,39-38-,42-41-,45-44-. The van der Waals surface area contributed by atoms with Crippen LogP contribution in [0.5, 0.6) is 0 Å². The first-order chi connectivity index (χ1) is 36.5. The smallest absolute Gasteiger partial charge is 0.268 e. The zero-order valence-electron chi connectivity index (χ0n) is 48.7. The second-order valence-corrected chi connectivity index (χ2v) is 22.4. The Hall–Kier alpha value is -3.36. The van der Waals surface area contributed by atoms with Gasteiger partial charge in [-0.1, -0.05) is 257 Å². The number of amides is 1. The molecule has 3 unspecified atom stereocenters. The molecule has 0 bridgehead atoms. The molecule has 0 aliphatic rings. The number of phosphoric acid groups is 1. The van der Waals surface area contributed by atoms with Crippen LogP contribution in [0.3, 0.4) is 0 Å². The molecule has 0 saturated carbocycles. The van der Waals surface area contributed by atoms with Crippen molar-refractivity contribution in [3.8, 4) is 0 Å². The van der Waals surface area contributed by atoms with Gasteiger partial charge >= 0.3 is 0 Å². The van der Waals surface area contributed by atoms with Crippen molar-refractivity contribution < 1.29 is 32.9 Å². The summed E-state index contributed by atoms with van der Waals surface area (Å²) in [6.45, 7) is 4.57. The number of carbonyl (C=O) groups excluding carboxylic acids is 1. The molecule has 0 heterocycles. The van der Waals surface area contributed by atoms with Gasteiger partial charge in [0.1, 0.15) is 13.2 Å². The average Bonchev–Trinajstić information content (AvgIpc) is 3.37. The maximum Gasteiger partial charge on any atom is 0.268 e. The molecule has 0 aromatic carbocycles. The Bertz CT molecular complexity index is 1680. The Morgan fingerprint density at radius 1 is 0.480 bits per heavy atom. The summed E-state index contributed by atoms with van der Waals surface area (Å²) in [5, 5.41) is 14.0. The van der Waals surface area contributed by atoms with Gasteiger partial charge in [-0.2, -0.15) is 0 Å². The van der Waals surface area contributed by atoms with Gasteiger partial charge in [0.05, 0.1) is 39.9 Å². The highest BCUT2D eigenvalue weighted by molar-refractivity contribution is 7.45. The molecule has 0 aromatic heterocycles. The van der Waals surface area contributed by atoms with E-state index in [0.717, 1.165) is 122 Å². The SMILES string of the molecule is CC/C=C\C/C=C\C/C=C\C/C=C\C/C=C\C/C=C\C/C=C\C/C=C\C/C=C\C/C=C\C/C=C\CCCCCCCCCC(=O)NC(COP(=O)([O-])OCC[N+](C)(C)C)C(O)CCCCCCCCCCCCCC. The summed E-state index contributed by atoms with van der Waals surface area (Å²) in [4.78, 5) is 25.5. The Balaban J connectivity index is 4.09. The zero-order chi connectivity index (χ0) is 54.9. The van der Waals surface area contributed by atoms with Gasteiger partial charge in [0, 0.05) is 6.42 Å². The van der Waals surface area contributed by atoms with Gasteiger partial charge in [-0.15, -0.1) is 0 Å². The van der Waals surface area contributed by atoms with Crippen LogP contribution in [0, 0.1) is 0 Å². The molecule has 0 saturated heterocycles. The average molecular weight is 1060 g/mol. The highest BCUT2D eigenvalue weighted by atomic mass is 31.2. The van der Waals surface area contributed by atoms with Crippen LogP contribution < -0.4 is 10.2 Å².